The molecule has 4 heteroatoms. The van der Waals surface area contributed by atoms with Crippen molar-refractivity contribution in [3.8, 4) is 5.75 Å². The van der Waals surface area contributed by atoms with E-state index in [4.69, 9.17) is 22.1 Å². The second-order valence-corrected chi connectivity index (χ2v) is 2.72. The van der Waals surface area contributed by atoms with E-state index in [9.17, 15) is 4.39 Å². The third-order valence-electron chi connectivity index (χ3n) is 1.51. The molecule has 0 saturated heterocycles. The van der Waals surface area contributed by atoms with E-state index >= 15 is 0 Å². The molecule has 1 aromatic carbocycles. The minimum atomic E-state index is -0.481. The van der Waals surface area contributed by atoms with E-state index in [1.165, 1.54) is 13.2 Å². The summed E-state index contributed by atoms with van der Waals surface area (Å²) >= 11 is 5.61. The third-order valence-corrected chi connectivity index (χ3v) is 1.73. The molecule has 2 nitrogen and oxygen atoms in total. The molecule has 0 spiro atoms. The maximum Gasteiger partial charge on any atom is 0.166 e. The Bertz CT molecular complexity index is 291. The summed E-state index contributed by atoms with van der Waals surface area (Å²) in [6, 6.07) is 2.78. The Morgan fingerprint density at radius 2 is 2.25 bits per heavy atom. The molecule has 0 saturated carbocycles. The van der Waals surface area contributed by atoms with Crippen LogP contribution in [0.4, 0.5) is 4.39 Å². The molecule has 0 unspecified atom stereocenters. The topological polar surface area (TPSA) is 35.2 Å². The number of hydrogen-bond donors (Lipinski definition) is 1. The highest BCUT2D eigenvalue weighted by Gasteiger charge is 2.08. The molecule has 12 heavy (non-hydrogen) atoms. The highest BCUT2D eigenvalue weighted by Crippen LogP contribution is 2.26. The van der Waals surface area contributed by atoms with E-state index in [0.29, 0.717) is 10.6 Å². The monoisotopic (exact) mass is 189 g/mol. The van der Waals surface area contributed by atoms with Gasteiger partial charge in [-0.15, -0.1) is 0 Å². The van der Waals surface area contributed by atoms with Crippen LogP contribution < -0.4 is 10.5 Å². The van der Waals surface area contributed by atoms with Gasteiger partial charge in [0.1, 0.15) is 0 Å². The van der Waals surface area contributed by atoms with E-state index < -0.39 is 5.82 Å². The van der Waals surface area contributed by atoms with Gasteiger partial charge in [-0.05, 0) is 12.1 Å². The van der Waals surface area contributed by atoms with Crippen LogP contribution in [0.1, 0.15) is 5.56 Å². The Kier molecular flexibility index (Phi) is 2.89. The van der Waals surface area contributed by atoms with Crippen molar-refractivity contribution in [2.45, 2.75) is 6.54 Å². The van der Waals surface area contributed by atoms with Crippen LogP contribution in [0.15, 0.2) is 12.1 Å². The normalized spacial score (nSPS) is 10.0. The molecule has 0 aromatic heterocycles. The average molecular weight is 190 g/mol. The first kappa shape index (κ1) is 9.29. The van der Waals surface area contributed by atoms with Crippen LogP contribution in [0.25, 0.3) is 0 Å². The van der Waals surface area contributed by atoms with Gasteiger partial charge < -0.3 is 10.5 Å². The second kappa shape index (κ2) is 3.74. The summed E-state index contributed by atoms with van der Waals surface area (Å²) in [7, 11) is 1.39. The van der Waals surface area contributed by atoms with Crippen molar-refractivity contribution >= 4 is 11.6 Å². The fraction of sp³-hybridized carbons (Fsp3) is 0.250. The Morgan fingerprint density at radius 1 is 1.58 bits per heavy atom. The summed E-state index contributed by atoms with van der Waals surface area (Å²) in [5.74, 6) is -0.313. The number of rotatable bonds is 2. The van der Waals surface area contributed by atoms with Gasteiger partial charge in [0.15, 0.2) is 11.6 Å². The number of halogens is 2. The van der Waals surface area contributed by atoms with E-state index in [1.807, 2.05) is 0 Å². The van der Waals surface area contributed by atoms with Gasteiger partial charge in [-0.25, -0.2) is 4.39 Å². The van der Waals surface area contributed by atoms with Crippen molar-refractivity contribution in [2.75, 3.05) is 7.11 Å². The molecular weight excluding hydrogens is 181 g/mol. The Morgan fingerprint density at radius 3 is 2.75 bits per heavy atom. The van der Waals surface area contributed by atoms with Crippen LogP contribution >= 0.6 is 11.6 Å². The van der Waals surface area contributed by atoms with E-state index in [-0.39, 0.29) is 12.3 Å². The zero-order valence-corrected chi connectivity index (χ0v) is 7.36. The second-order valence-electron chi connectivity index (χ2n) is 2.28. The molecule has 0 radical (unpaired) electrons. The highest BCUT2D eigenvalue weighted by molar-refractivity contribution is 6.30. The molecule has 0 atom stereocenters. The first-order valence-electron chi connectivity index (χ1n) is 3.41. The molecule has 0 amide bonds. The Labute approximate surface area is 75.1 Å². The van der Waals surface area contributed by atoms with E-state index in [2.05, 4.69) is 0 Å². The zero-order chi connectivity index (χ0) is 9.14. The molecule has 1 rings (SSSR count). The fourth-order valence-corrected chi connectivity index (χ4v) is 1.22. The largest absolute Gasteiger partial charge is 0.493 e. The first-order valence-corrected chi connectivity index (χ1v) is 3.78. The lowest BCUT2D eigenvalue weighted by Gasteiger charge is -2.07. The lowest BCUT2D eigenvalue weighted by molar-refractivity contribution is 0.381. The number of nitrogens with two attached hydrogens (primary N) is 1. The molecule has 0 fully saturated rings. The zero-order valence-electron chi connectivity index (χ0n) is 6.60. The van der Waals surface area contributed by atoms with Crippen LogP contribution in [0.3, 0.4) is 0 Å². The smallest absolute Gasteiger partial charge is 0.166 e. The average Bonchev–Trinajstić information content (AvgIpc) is 2.03. The summed E-state index contributed by atoms with van der Waals surface area (Å²) in [5, 5.41) is 0.328. The molecule has 1 aromatic rings. The molecule has 66 valence electrons. The van der Waals surface area contributed by atoms with Crippen molar-refractivity contribution in [3.05, 3.63) is 28.5 Å². The maximum atomic E-state index is 13.0. The fourth-order valence-electron chi connectivity index (χ4n) is 0.994. The lowest BCUT2D eigenvalue weighted by Crippen LogP contribution is -2.01. The van der Waals surface area contributed by atoms with Crippen molar-refractivity contribution < 1.29 is 9.13 Å². The van der Waals surface area contributed by atoms with Crippen LogP contribution in [0, 0.1) is 5.82 Å². The number of hydrogen-bond acceptors (Lipinski definition) is 2. The SMILES string of the molecule is COc1c(F)cc(Cl)cc1CN. The molecule has 0 aliphatic carbocycles. The van der Waals surface area contributed by atoms with Crippen LogP contribution in [0.2, 0.25) is 5.02 Å². The molecular formula is C8H9ClFNO. The van der Waals surface area contributed by atoms with Gasteiger partial charge >= 0.3 is 0 Å². The molecule has 0 aliphatic rings. The minimum Gasteiger partial charge on any atom is -0.493 e. The summed E-state index contributed by atoms with van der Waals surface area (Å²) in [6.45, 7) is 0.209. The van der Waals surface area contributed by atoms with Gasteiger partial charge in [-0.2, -0.15) is 0 Å². The number of methoxy groups -OCH3 is 1. The van der Waals surface area contributed by atoms with Crippen molar-refractivity contribution in [1.29, 1.82) is 0 Å². The predicted molar refractivity (Wildman–Crippen MR) is 45.9 cm³/mol. The summed E-state index contributed by atoms with van der Waals surface area (Å²) in [4.78, 5) is 0. The predicted octanol–water partition coefficient (Wildman–Crippen LogP) is 1.95. The summed E-state index contributed by atoms with van der Waals surface area (Å²) < 4.78 is 17.8. The highest BCUT2D eigenvalue weighted by atomic mass is 35.5. The van der Waals surface area contributed by atoms with Gasteiger partial charge in [0.05, 0.1) is 7.11 Å². The van der Waals surface area contributed by atoms with Crippen LogP contribution in [0.5, 0.6) is 5.75 Å². The van der Waals surface area contributed by atoms with Gasteiger partial charge in [0.2, 0.25) is 0 Å². The minimum absolute atomic E-state index is 0.168. The summed E-state index contributed by atoms with van der Waals surface area (Å²) in [6.07, 6.45) is 0. The van der Waals surface area contributed by atoms with Gasteiger partial charge in [0.25, 0.3) is 0 Å². The van der Waals surface area contributed by atoms with E-state index in [1.54, 1.807) is 6.07 Å². The van der Waals surface area contributed by atoms with Crippen molar-refractivity contribution in [1.82, 2.24) is 0 Å². The van der Waals surface area contributed by atoms with E-state index in [0.717, 1.165) is 0 Å². The summed E-state index contributed by atoms with van der Waals surface area (Å²) in [5.41, 5.74) is 5.93. The lowest BCUT2D eigenvalue weighted by atomic mass is 10.2. The molecule has 0 aliphatic heterocycles. The van der Waals surface area contributed by atoms with Crippen LogP contribution in [-0.2, 0) is 6.54 Å². The third kappa shape index (κ3) is 1.68. The Balaban J connectivity index is 3.24. The molecule has 0 bridgehead atoms. The van der Waals surface area contributed by atoms with Crippen LogP contribution in [-0.4, -0.2) is 7.11 Å². The maximum absolute atomic E-state index is 13.0. The quantitative estimate of drug-likeness (QED) is 0.772. The van der Waals surface area contributed by atoms with Gasteiger partial charge in [0, 0.05) is 17.1 Å². The van der Waals surface area contributed by atoms with Crippen molar-refractivity contribution in [2.24, 2.45) is 5.73 Å². The number of ether oxygens (including phenoxy) is 1. The molecule has 0 heterocycles. The number of benzene rings is 1. The molecule has 2 N–H and O–H groups in total. The standard InChI is InChI=1S/C8H9ClFNO/c1-12-8-5(4-11)2-6(9)3-7(8)10/h2-3H,4,11H2,1H3. The van der Waals surface area contributed by atoms with Gasteiger partial charge in [-0.3, -0.25) is 0 Å². The van der Waals surface area contributed by atoms with Crippen molar-refractivity contribution in [3.63, 3.8) is 0 Å². The van der Waals surface area contributed by atoms with Gasteiger partial charge in [-0.1, -0.05) is 11.6 Å². The first-order chi connectivity index (χ1) is 5.69. The Hall–Kier alpha value is -0.800.